The molecule has 2 fully saturated rings. The molecule has 28 heavy (non-hydrogen) atoms. The summed E-state index contributed by atoms with van der Waals surface area (Å²) in [4.78, 5) is 29.2. The van der Waals surface area contributed by atoms with Gasteiger partial charge in [-0.3, -0.25) is 9.59 Å². The molecule has 1 aromatic carbocycles. The number of carbonyl (C=O) groups excluding carboxylic acids is 2. The van der Waals surface area contributed by atoms with Gasteiger partial charge in [0.2, 0.25) is 5.91 Å². The summed E-state index contributed by atoms with van der Waals surface area (Å²) in [5.41, 5.74) is 6.92. The van der Waals surface area contributed by atoms with E-state index in [1.54, 1.807) is 11.8 Å². The second-order valence-electron chi connectivity index (χ2n) is 7.76. The highest BCUT2D eigenvalue weighted by atomic mass is 35.5. The van der Waals surface area contributed by atoms with Crippen LogP contribution in [0, 0.1) is 18.8 Å². The summed E-state index contributed by atoms with van der Waals surface area (Å²) < 4.78 is 5.81. The van der Waals surface area contributed by atoms with Crippen molar-refractivity contribution in [3.63, 3.8) is 0 Å². The summed E-state index contributed by atoms with van der Waals surface area (Å²) in [7, 11) is 0. The minimum Gasteiger partial charge on any atom is -0.481 e. The van der Waals surface area contributed by atoms with Crippen LogP contribution in [0.15, 0.2) is 24.3 Å². The number of benzene rings is 1. The summed E-state index contributed by atoms with van der Waals surface area (Å²) in [5.74, 6) is 1.29. The van der Waals surface area contributed by atoms with Crippen LogP contribution >= 0.6 is 12.4 Å². The number of ether oxygens (including phenoxy) is 1. The molecule has 2 aliphatic rings. The smallest absolute Gasteiger partial charge is 0.263 e. The van der Waals surface area contributed by atoms with Gasteiger partial charge in [-0.25, -0.2) is 0 Å². The van der Waals surface area contributed by atoms with Crippen LogP contribution in [0.1, 0.15) is 31.7 Å². The predicted octanol–water partition coefficient (Wildman–Crippen LogP) is 2.23. The number of hydrogen-bond donors (Lipinski definition) is 1. The minimum absolute atomic E-state index is 0. The van der Waals surface area contributed by atoms with Crippen LogP contribution in [-0.4, -0.2) is 60.4 Å². The molecule has 1 aliphatic heterocycles. The van der Waals surface area contributed by atoms with E-state index in [1.165, 1.54) is 0 Å². The lowest BCUT2D eigenvalue weighted by Crippen LogP contribution is -2.54. The summed E-state index contributed by atoms with van der Waals surface area (Å²) >= 11 is 0. The number of piperazine rings is 1. The molecule has 2 N–H and O–H groups in total. The molecule has 156 valence electrons. The van der Waals surface area contributed by atoms with Crippen LogP contribution in [0.5, 0.6) is 5.75 Å². The highest BCUT2D eigenvalue weighted by Gasteiger charge is 2.36. The quantitative estimate of drug-likeness (QED) is 0.809. The van der Waals surface area contributed by atoms with E-state index in [0.29, 0.717) is 44.4 Å². The largest absolute Gasteiger partial charge is 0.481 e. The lowest BCUT2D eigenvalue weighted by atomic mass is 9.94. The van der Waals surface area contributed by atoms with Gasteiger partial charge in [0.15, 0.2) is 6.10 Å². The Morgan fingerprint density at radius 3 is 2.50 bits per heavy atom. The molecule has 1 heterocycles. The van der Waals surface area contributed by atoms with Crippen molar-refractivity contribution < 1.29 is 14.3 Å². The molecule has 6 nitrogen and oxygen atoms in total. The minimum atomic E-state index is -0.537. The molecule has 0 radical (unpaired) electrons. The summed E-state index contributed by atoms with van der Waals surface area (Å²) in [6, 6.07) is 7.71. The SMILES string of the molecule is Cc1cccc(OC(C)C(=O)N2CCN(C(=O)[C@@H]3CCC[C@@H]3CN)CC2)c1.Cl. The standard InChI is InChI=1S/C21H31N3O3.ClH/c1-15-5-3-7-18(13-15)27-16(2)20(25)23-9-11-24(12-10-23)21(26)19-8-4-6-17(19)14-22;/h3,5,7,13,16-17,19H,4,6,8-12,14,22H2,1-2H3;1H/t16?,17-,19-;/m1./s1. The Bertz CT molecular complexity index is 677. The molecule has 0 aromatic heterocycles. The molecule has 1 aliphatic carbocycles. The highest BCUT2D eigenvalue weighted by Crippen LogP contribution is 2.32. The molecule has 7 heteroatoms. The first-order chi connectivity index (χ1) is 13.0. The fraction of sp³-hybridized carbons (Fsp3) is 0.619. The van der Waals surface area contributed by atoms with Crippen molar-refractivity contribution in [3.05, 3.63) is 29.8 Å². The van der Waals surface area contributed by atoms with E-state index in [-0.39, 0.29) is 30.1 Å². The first kappa shape index (κ1) is 22.5. The third kappa shape index (κ3) is 5.17. The van der Waals surface area contributed by atoms with Crippen LogP contribution in [0.25, 0.3) is 0 Å². The molecule has 1 saturated heterocycles. The second kappa shape index (κ2) is 10.1. The number of rotatable bonds is 5. The van der Waals surface area contributed by atoms with Crippen molar-refractivity contribution in [1.29, 1.82) is 0 Å². The van der Waals surface area contributed by atoms with Crippen molar-refractivity contribution in [3.8, 4) is 5.75 Å². The lowest BCUT2D eigenvalue weighted by molar-refractivity contribution is -0.145. The van der Waals surface area contributed by atoms with Crippen LogP contribution in [-0.2, 0) is 9.59 Å². The fourth-order valence-corrected chi connectivity index (χ4v) is 4.23. The maximum absolute atomic E-state index is 12.8. The zero-order chi connectivity index (χ0) is 19.4. The van der Waals surface area contributed by atoms with Gasteiger partial charge in [0.25, 0.3) is 5.91 Å². The average Bonchev–Trinajstić information content (AvgIpc) is 3.15. The van der Waals surface area contributed by atoms with Gasteiger partial charge in [-0.15, -0.1) is 12.4 Å². The molecule has 1 saturated carbocycles. The molecular formula is C21H32ClN3O3. The number of nitrogens with zero attached hydrogens (tertiary/aromatic N) is 2. The van der Waals surface area contributed by atoms with E-state index in [4.69, 9.17) is 10.5 Å². The number of hydrogen-bond acceptors (Lipinski definition) is 4. The van der Waals surface area contributed by atoms with Crippen LogP contribution < -0.4 is 10.5 Å². The fourth-order valence-electron chi connectivity index (χ4n) is 4.23. The number of nitrogens with two attached hydrogens (primary N) is 1. The van der Waals surface area contributed by atoms with Crippen molar-refractivity contribution in [2.24, 2.45) is 17.6 Å². The topological polar surface area (TPSA) is 75.9 Å². The normalized spacial score (nSPS) is 23.1. The van der Waals surface area contributed by atoms with E-state index in [9.17, 15) is 9.59 Å². The van der Waals surface area contributed by atoms with Gasteiger partial charge < -0.3 is 20.3 Å². The maximum Gasteiger partial charge on any atom is 0.263 e. The Morgan fingerprint density at radius 2 is 1.86 bits per heavy atom. The van der Waals surface area contributed by atoms with Crippen molar-refractivity contribution in [2.45, 2.75) is 39.2 Å². The Labute approximate surface area is 173 Å². The van der Waals surface area contributed by atoms with Crippen molar-refractivity contribution in [2.75, 3.05) is 32.7 Å². The predicted molar refractivity (Wildman–Crippen MR) is 112 cm³/mol. The molecule has 3 rings (SSSR count). The Hall–Kier alpha value is -1.79. The van der Waals surface area contributed by atoms with E-state index in [0.717, 1.165) is 24.8 Å². The summed E-state index contributed by atoms with van der Waals surface area (Å²) in [6.07, 6.45) is 2.55. The van der Waals surface area contributed by atoms with Crippen molar-refractivity contribution in [1.82, 2.24) is 9.80 Å². The van der Waals surface area contributed by atoms with Gasteiger partial charge in [-0.05, 0) is 56.8 Å². The van der Waals surface area contributed by atoms with Crippen LogP contribution in [0.4, 0.5) is 0 Å². The van der Waals surface area contributed by atoms with Crippen LogP contribution in [0.3, 0.4) is 0 Å². The van der Waals surface area contributed by atoms with Gasteiger partial charge >= 0.3 is 0 Å². The zero-order valence-electron chi connectivity index (χ0n) is 16.8. The zero-order valence-corrected chi connectivity index (χ0v) is 17.6. The molecule has 0 bridgehead atoms. The van der Waals surface area contributed by atoms with Crippen LogP contribution in [0.2, 0.25) is 0 Å². The molecule has 3 atom stereocenters. The van der Waals surface area contributed by atoms with E-state index >= 15 is 0 Å². The molecule has 2 amide bonds. The molecule has 1 aromatic rings. The lowest BCUT2D eigenvalue weighted by Gasteiger charge is -2.37. The number of amides is 2. The Morgan fingerprint density at radius 1 is 1.18 bits per heavy atom. The first-order valence-corrected chi connectivity index (χ1v) is 10.0. The number of halogens is 1. The second-order valence-corrected chi connectivity index (χ2v) is 7.76. The molecule has 1 unspecified atom stereocenters. The first-order valence-electron chi connectivity index (χ1n) is 10.0. The Kier molecular flexibility index (Phi) is 8.13. The maximum atomic E-state index is 12.8. The van der Waals surface area contributed by atoms with E-state index in [2.05, 4.69) is 0 Å². The monoisotopic (exact) mass is 409 g/mol. The van der Waals surface area contributed by atoms with Crippen molar-refractivity contribution >= 4 is 24.2 Å². The van der Waals surface area contributed by atoms with Gasteiger partial charge in [-0.1, -0.05) is 18.6 Å². The summed E-state index contributed by atoms with van der Waals surface area (Å²) in [6.45, 7) is 6.67. The van der Waals surface area contributed by atoms with Gasteiger partial charge in [0.05, 0.1) is 0 Å². The van der Waals surface area contributed by atoms with E-state index < -0.39 is 6.10 Å². The molecule has 0 spiro atoms. The van der Waals surface area contributed by atoms with E-state index in [1.807, 2.05) is 36.1 Å². The summed E-state index contributed by atoms with van der Waals surface area (Å²) in [5, 5.41) is 0. The Balaban J connectivity index is 0.00000280. The van der Waals surface area contributed by atoms with Gasteiger partial charge in [-0.2, -0.15) is 0 Å². The van der Waals surface area contributed by atoms with Gasteiger partial charge in [0.1, 0.15) is 5.75 Å². The number of carbonyl (C=O) groups is 2. The average molecular weight is 410 g/mol. The third-order valence-corrected chi connectivity index (χ3v) is 5.83. The highest BCUT2D eigenvalue weighted by molar-refractivity contribution is 5.85. The molecular weight excluding hydrogens is 378 g/mol. The number of aryl methyl sites for hydroxylation is 1. The third-order valence-electron chi connectivity index (χ3n) is 5.83. The van der Waals surface area contributed by atoms with Gasteiger partial charge in [0, 0.05) is 32.1 Å².